The lowest BCUT2D eigenvalue weighted by atomic mass is 10.0. The van der Waals surface area contributed by atoms with E-state index >= 15 is 0 Å². The van der Waals surface area contributed by atoms with Crippen LogP contribution in [-0.4, -0.2) is 20.5 Å². The summed E-state index contributed by atoms with van der Waals surface area (Å²) < 4.78 is 1.87. The van der Waals surface area contributed by atoms with E-state index in [0.717, 1.165) is 33.4 Å². The summed E-state index contributed by atoms with van der Waals surface area (Å²) >= 11 is 6.17. The maximum Gasteiger partial charge on any atom is 0.198 e. The molecule has 30 heavy (non-hydrogen) atoms. The summed E-state index contributed by atoms with van der Waals surface area (Å²) in [5.41, 5.74) is 6.30. The number of carbonyl (C=O) groups excluding carboxylic acids is 1. The third-order valence-corrected chi connectivity index (χ3v) is 5.73. The van der Waals surface area contributed by atoms with Crippen LogP contribution < -0.4 is 0 Å². The second kappa shape index (κ2) is 6.37. The number of hydrogen-bond donors (Lipinski definition) is 0. The van der Waals surface area contributed by atoms with Crippen molar-refractivity contribution in [2.45, 2.75) is 0 Å². The minimum absolute atomic E-state index is 0.00658. The maximum atomic E-state index is 13.4. The number of nitrogens with zero attached hydrogens (tertiary/aromatic N) is 3. The number of benzene rings is 3. The average molecular weight is 408 g/mol. The molecular weight excluding hydrogens is 394 g/mol. The molecule has 0 atom stereocenters. The number of pyridine rings is 1. The highest BCUT2D eigenvalue weighted by Gasteiger charge is 2.35. The largest absolute Gasteiger partial charge is 0.288 e. The molecule has 2 aromatic heterocycles. The van der Waals surface area contributed by atoms with E-state index in [1.165, 1.54) is 0 Å². The monoisotopic (exact) mass is 407 g/mol. The van der Waals surface area contributed by atoms with Crippen molar-refractivity contribution < 1.29 is 4.79 Å². The Hall–Kier alpha value is -3.76. The van der Waals surface area contributed by atoms with Crippen LogP contribution in [0, 0.1) is 0 Å². The lowest BCUT2D eigenvalue weighted by Crippen LogP contribution is -2.01. The highest BCUT2D eigenvalue weighted by Crippen LogP contribution is 2.43. The van der Waals surface area contributed by atoms with Gasteiger partial charge in [0.05, 0.1) is 22.5 Å². The fourth-order valence-corrected chi connectivity index (χ4v) is 4.33. The van der Waals surface area contributed by atoms with Crippen molar-refractivity contribution in [1.29, 1.82) is 0 Å². The molecule has 0 fully saturated rings. The van der Waals surface area contributed by atoms with Gasteiger partial charge in [0.15, 0.2) is 5.78 Å². The second-order valence-corrected chi connectivity index (χ2v) is 7.65. The van der Waals surface area contributed by atoms with E-state index in [1.807, 2.05) is 83.5 Å². The third kappa shape index (κ3) is 2.38. The summed E-state index contributed by atoms with van der Waals surface area (Å²) in [6, 6.07) is 25.1. The Kier molecular flexibility index (Phi) is 3.64. The van der Waals surface area contributed by atoms with Crippen molar-refractivity contribution >= 4 is 28.3 Å². The molecule has 3 aromatic carbocycles. The topological polar surface area (TPSA) is 47.8 Å². The van der Waals surface area contributed by atoms with Gasteiger partial charge >= 0.3 is 0 Å². The molecule has 0 bridgehead atoms. The van der Waals surface area contributed by atoms with Crippen LogP contribution in [0.4, 0.5) is 0 Å². The molecule has 0 radical (unpaired) electrons. The van der Waals surface area contributed by atoms with Gasteiger partial charge in [0, 0.05) is 33.3 Å². The fraction of sp³-hybridized carbons (Fsp3) is 0. The van der Waals surface area contributed by atoms with Crippen LogP contribution in [0.5, 0.6) is 0 Å². The Morgan fingerprint density at radius 2 is 1.60 bits per heavy atom. The number of carbonyl (C=O) groups is 1. The van der Waals surface area contributed by atoms with E-state index in [1.54, 1.807) is 6.20 Å². The Morgan fingerprint density at radius 3 is 2.43 bits per heavy atom. The molecular formula is C25H14ClN3O. The number of ketones is 1. The van der Waals surface area contributed by atoms with Gasteiger partial charge < -0.3 is 0 Å². The van der Waals surface area contributed by atoms with E-state index in [9.17, 15) is 4.79 Å². The van der Waals surface area contributed by atoms with Gasteiger partial charge in [-0.2, -0.15) is 5.10 Å². The normalized spacial score (nSPS) is 12.2. The summed E-state index contributed by atoms with van der Waals surface area (Å²) in [4.78, 5) is 17.8. The lowest BCUT2D eigenvalue weighted by Gasteiger charge is -2.10. The van der Waals surface area contributed by atoms with Gasteiger partial charge in [-0.3, -0.25) is 9.78 Å². The van der Waals surface area contributed by atoms with E-state index in [4.69, 9.17) is 16.7 Å². The smallest absolute Gasteiger partial charge is 0.198 e. The Morgan fingerprint density at radius 1 is 0.833 bits per heavy atom. The van der Waals surface area contributed by atoms with Crippen LogP contribution in [0.15, 0.2) is 85.1 Å². The van der Waals surface area contributed by atoms with Crippen LogP contribution in [0.25, 0.3) is 39.1 Å². The van der Waals surface area contributed by atoms with Crippen molar-refractivity contribution in [1.82, 2.24) is 14.8 Å². The molecule has 0 amide bonds. The SMILES string of the molecule is O=C1c2ccccc2-c2c1c(-c1ccccc1)nn2-c1ccnc2cc(Cl)ccc12. The van der Waals surface area contributed by atoms with Gasteiger partial charge in [-0.25, -0.2) is 4.68 Å². The van der Waals surface area contributed by atoms with E-state index in [2.05, 4.69) is 4.98 Å². The maximum absolute atomic E-state index is 13.4. The van der Waals surface area contributed by atoms with Crippen LogP contribution in [0.1, 0.15) is 15.9 Å². The Balaban J connectivity index is 1.72. The molecule has 5 aromatic rings. The molecule has 1 aliphatic carbocycles. The van der Waals surface area contributed by atoms with Crippen LogP contribution in [0.2, 0.25) is 5.02 Å². The van der Waals surface area contributed by atoms with E-state index in [0.29, 0.717) is 21.8 Å². The van der Waals surface area contributed by atoms with Gasteiger partial charge in [-0.15, -0.1) is 0 Å². The van der Waals surface area contributed by atoms with Crippen LogP contribution >= 0.6 is 11.6 Å². The molecule has 0 N–H and O–H groups in total. The molecule has 0 saturated carbocycles. The predicted octanol–water partition coefficient (Wildman–Crippen LogP) is 5.95. The molecule has 0 aliphatic heterocycles. The first-order chi connectivity index (χ1) is 14.7. The minimum Gasteiger partial charge on any atom is -0.288 e. The highest BCUT2D eigenvalue weighted by molar-refractivity contribution is 6.31. The number of fused-ring (bicyclic) bond motifs is 4. The van der Waals surface area contributed by atoms with Crippen LogP contribution in [-0.2, 0) is 0 Å². The van der Waals surface area contributed by atoms with E-state index < -0.39 is 0 Å². The molecule has 4 nitrogen and oxygen atoms in total. The molecule has 1 aliphatic rings. The van der Waals surface area contributed by atoms with Crippen LogP contribution in [0.3, 0.4) is 0 Å². The quantitative estimate of drug-likeness (QED) is 0.356. The van der Waals surface area contributed by atoms with Gasteiger partial charge in [0.2, 0.25) is 0 Å². The zero-order valence-electron chi connectivity index (χ0n) is 15.7. The summed E-state index contributed by atoms with van der Waals surface area (Å²) in [6.45, 7) is 0. The molecule has 0 saturated heterocycles. The summed E-state index contributed by atoms with van der Waals surface area (Å²) in [5.74, 6) is 0.00658. The first-order valence-corrected chi connectivity index (χ1v) is 9.97. The molecule has 0 spiro atoms. The zero-order valence-corrected chi connectivity index (χ0v) is 16.5. The minimum atomic E-state index is 0.00658. The number of hydrogen-bond acceptors (Lipinski definition) is 3. The van der Waals surface area contributed by atoms with Crippen molar-refractivity contribution in [2.75, 3.05) is 0 Å². The van der Waals surface area contributed by atoms with Crippen molar-refractivity contribution in [3.8, 4) is 28.2 Å². The average Bonchev–Trinajstić information content (AvgIpc) is 3.31. The predicted molar refractivity (Wildman–Crippen MR) is 118 cm³/mol. The number of rotatable bonds is 2. The summed E-state index contributed by atoms with van der Waals surface area (Å²) in [6.07, 6.45) is 1.74. The highest BCUT2D eigenvalue weighted by atomic mass is 35.5. The molecule has 0 unspecified atom stereocenters. The zero-order chi connectivity index (χ0) is 20.2. The lowest BCUT2D eigenvalue weighted by molar-refractivity contribution is 0.104. The Labute approximate surface area is 177 Å². The summed E-state index contributed by atoms with van der Waals surface area (Å²) in [5, 5.41) is 6.48. The molecule has 6 rings (SSSR count). The van der Waals surface area contributed by atoms with Gasteiger partial charge in [-0.05, 0) is 24.3 Å². The van der Waals surface area contributed by atoms with Gasteiger partial charge in [-0.1, -0.05) is 66.2 Å². The molecule has 142 valence electrons. The van der Waals surface area contributed by atoms with Crippen molar-refractivity contribution in [2.24, 2.45) is 0 Å². The van der Waals surface area contributed by atoms with Gasteiger partial charge in [0.25, 0.3) is 0 Å². The van der Waals surface area contributed by atoms with Crippen molar-refractivity contribution in [3.05, 3.63) is 101 Å². The second-order valence-electron chi connectivity index (χ2n) is 7.22. The number of aromatic nitrogens is 3. The first-order valence-electron chi connectivity index (χ1n) is 9.59. The van der Waals surface area contributed by atoms with E-state index in [-0.39, 0.29) is 5.78 Å². The van der Waals surface area contributed by atoms with Gasteiger partial charge in [0.1, 0.15) is 5.69 Å². The summed E-state index contributed by atoms with van der Waals surface area (Å²) in [7, 11) is 0. The first kappa shape index (κ1) is 17.1. The third-order valence-electron chi connectivity index (χ3n) is 5.50. The van der Waals surface area contributed by atoms with Crippen molar-refractivity contribution in [3.63, 3.8) is 0 Å². The number of halogens is 1. The molecule has 5 heteroatoms. The Bertz CT molecular complexity index is 1470. The fourth-order valence-electron chi connectivity index (χ4n) is 4.17. The standard InChI is InChI=1S/C25H14ClN3O/c26-16-10-11-19-20(14-16)27-13-12-21(19)29-24-17-8-4-5-9-18(17)25(30)22(24)23(28-29)15-6-2-1-3-7-15/h1-14H. The molecule has 2 heterocycles.